The van der Waals surface area contributed by atoms with E-state index >= 15 is 0 Å². The Morgan fingerprint density at radius 3 is 2.56 bits per heavy atom. The van der Waals surface area contributed by atoms with E-state index in [2.05, 4.69) is 10.6 Å². The first-order valence-corrected chi connectivity index (χ1v) is 6.32. The summed E-state index contributed by atoms with van der Waals surface area (Å²) in [6.07, 6.45) is 5.42. The second kappa shape index (κ2) is 8.93. The van der Waals surface area contributed by atoms with Crippen molar-refractivity contribution in [3.8, 4) is 0 Å². The number of methoxy groups -OCH3 is 2. The number of hydrogen-bond acceptors (Lipinski definition) is 4. The molecule has 0 bridgehead atoms. The van der Waals surface area contributed by atoms with Crippen LogP contribution in [0, 0.1) is 0 Å². The normalized spacial score (nSPS) is 17.6. The zero-order valence-electron chi connectivity index (χ0n) is 10.6. The third-order valence-electron chi connectivity index (χ3n) is 2.85. The standard InChI is InChI=1S/C12H26N2O2/c1-15-10-12(16-2)9-13-7-3-4-8-14-11-5-6-11/h11-14H,3-10H2,1-2H3. The monoisotopic (exact) mass is 230 g/mol. The lowest BCUT2D eigenvalue weighted by Crippen LogP contribution is -2.32. The lowest BCUT2D eigenvalue weighted by Gasteiger charge is -2.14. The molecule has 2 N–H and O–H groups in total. The fraction of sp³-hybridized carbons (Fsp3) is 1.00. The van der Waals surface area contributed by atoms with E-state index in [1.165, 1.54) is 25.7 Å². The van der Waals surface area contributed by atoms with Crippen LogP contribution in [-0.4, -0.2) is 52.6 Å². The van der Waals surface area contributed by atoms with E-state index in [-0.39, 0.29) is 6.10 Å². The van der Waals surface area contributed by atoms with Gasteiger partial charge < -0.3 is 20.1 Å². The molecule has 0 aromatic carbocycles. The maximum absolute atomic E-state index is 5.26. The molecule has 1 aliphatic carbocycles. The molecule has 16 heavy (non-hydrogen) atoms. The highest BCUT2D eigenvalue weighted by Crippen LogP contribution is 2.18. The van der Waals surface area contributed by atoms with Crippen molar-refractivity contribution in [1.82, 2.24) is 10.6 Å². The van der Waals surface area contributed by atoms with Crippen molar-refractivity contribution < 1.29 is 9.47 Å². The van der Waals surface area contributed by atoms with Crippen LogP contribution >= 0.6 is 0 Å². The Bertz CT molecular complexity index is 163. The lowest BCUT2D eigenvalue weighted by molar-refractivity contribution is 0.0290. The third kappa shape index (κ3) is 7.17. The van der Waals surface area contributed by atoms with Gasteiger partial charge in [0.25, 0.3) is 0 Å². The van der Waals surface area contributed by atoms with Gasteiger partial charge in [0.1, 0.15) is 0 Å². The summed E-state index contributed by atoms with van der Waals surface area (Å²) in [5.41, 5.74) is 0. The Kier molecular flexibility index (Phi) is 7.76. The van der Waals surface area contributed by atoms with Gasteiger partial charge in [-0.1, -0.05) is 0 Å². The minimum absolute atomic E-state index is 0.176. The molecule has 0 aromatic rings. The molecule has 4 nitrogen and oxygen atoms in total. The molecule has 0 amide bonds. The Morgan fingerprint density at radius 2 is 1.94 bits per heavy atom. The molecule has 0 aromatic heterocycles. The van der Waals surface area contributed by atoms with Gasteiger partial charge in [0.05, 0.1) is 12.7 Å². The summed E-state index contributed by atoms with van der Waals surface area (Å²) in [6.45, 7) is 3.77. The summed E-state index contributed by atoms with van der Waals surface area (Å²) in [4.78, 5) is 0. The first-order chi connectivity index (χ1) is 7.86. The molecule has 0 heterocycles. The van der Waals surface area contributed by atoms with Crippen LogP contribution in [0.2, 0.25) is 0 Å². The highest BCUT2D eigenvalue weighted by atomic mass is 16.5. The highest BCUT2D eigenvalue weighted by Gasteiger charge is 2.19. The Morgan fingerprint density at radius 1 is 1.19 bits per heavy atom. The summed E-state index contributed by atoms with van der Waals surface area (Å²) >= 11 is 0. The average molecular weight is 230 g/mol. The zero-order valence-corrected chi connectivity index (χ0v) is 10.6. The van der Waals surface area contributed by atoms with Crippen molar-refractivity contribution in [3.63, 3.8) is 0 Å². The molecule has 1 unspecified atom stereocenters. The molecule has 4 heteroatoms. The van der Waals surface area contributed by atoms with Crippen LogP contribution in [0.1, 0.15) is 25.7 Å². The van der Waals surface area contributed by atoms with Gasteiger partial charge in [-0.25, -0.2) is 0 Å². The number of ether oxygens (including phenoxy) is 2. The molecule has 0 saturated heterocycles. The van der Waals surface area contributed by atoms with Crippen molar-refractivity contribution >= 4 is 0 Å². The predicted molar refractivity (Wildman–Crippen MR) is 65.8 cm³/mol. The third-order valence-corrected chi connectivity index (χ3v) is 2.85. The second-order valence-corrected chi connectivity index (χ2v) is 4.45. The van der Waals surface area contributed by atoms with E-state index in [4.69, 9.17) is 9.47 Å². The number of rotatable bonds is 11. The molecule has 1 atom stereocenters. The van der Waals surface area contributed by atoms with Crippen molar-refractivity contribution in [2.24, 2.45) is 0 Å². The molecule has 1 aliphatic rings. The average Bonchev–Trinajstić information content (AvgIpc) is 3.10. The Balaban J connectivity index is 1.78. The maximum atomic E-state index is 5.26. The molecule has 0 aliphatic heterocycles. The summed E-state index contributed by atoms with van der Waals surface area (Å²) in [5, 5.41) is 6.91. The molecule has 96 valence electrons. The number of hydrogen-bond donors (Lipinski definition) is 2. The smallest absolute Gasteiger partial charge is 0.0928 e. The van der Waals surface area contributed by atoms with Crippen LogP contribution in [0.5, 0.6) is 0 Å². The van der Waals surface area contributed by atoms with E-state index in [9.17, 15) is 0 Å². The van der Waals surface area contributed by atoms with Gasteiger partial charge in [0.2, 0.25) is 0 Å². The van der Waals surface area contributed by atoms with Crippen LogP contribution in [-0.2, 0) is 9.47 Å². The molecule has 0 radical (unpaired) electrons. The largest absolute Gasteiger partial charge is 0.382 e. The van der Waals surface area contributed by atoms with Gasteiger partial charge in [0, 0.05) is 26.8 Å². The quantitative estimate of drug-likeness (QED) is 0.515. The molecule has 1 saturated carbocycles. The first-order valence-electron chi connectivity index (χ1n) is 6.32. The zero-order chi connectivity index (χ0) is 11.6. The van der Waals surface area contributed by atoms with Crippen molar-refractivity contribution in [3.05, 3.63) is 0 Å². The van der Waals surface area contributed by atoms with Gasteiger partial charge in [-0.05, 0) is 38.8 Å². The summed E-state index contributed by atoms with van der Waals surface area (Å²) < 4.78 is 10.3. The van der Waals surface area contributed by atoms with E-state index in [0.717, 1.165) is 25.7 Å². The fourth-order valence-corrected chi connectivity index (χ4v) is 1.63. The molecule has 1 fully saturated rings. The first kappa shape index (κ1) is 13.9. The predicted octanol–water partition coefficient (Wildman–Crippen LogP) is 0.770. The van der Waals surface area contributed by atoms with E-state index in [0.29, 0.717) is 6.61 Å². The summed E-state index contributed by atoms with van der Waals surface area (Å²) in [7, 11) is 3.43. The van der Waals surface area contributed by atoms with Crippen molar-refractivity contribution in [1.29, 1.82) is 0 Å². The van der Waals surface area contributed by atoms with Crippen LogP contribution in [0.3, 0.4) is 0 Å². The molecular formula is C12H26N2O2. The maximum Gasteiger partial charge on any atom is 0.0928 e. The van der Waals surface area contributed by atoms with Gasteiger partial charge in [-0.2, -0.15) is 0 Å². The highest BCUT2D eigenvalue weighted by molar-refractivity contribution is 4.80. The van der Waals surface area contributed by atoms with Crippen LogP contribution in [0.4, 0.5) is 0 Å². The minimum Gasteiger partial charge on any atom is -0.382 e. The summed E-state index contributed by atoms with van der Waals surface area (Å²) in [5.74, 6) is 0. The van der Waals surface area contributed by atoms with Gasteiger partial charge in [-0.15, -0.1) is 0 Å². The fourth-order valence-electron chi connectivity index (χ4n) is 1.63. The van der Waals surface area contributed by atoms with Crippen LogP contribution in [0.15, 0.2) is 0 Å². The Hall–Kier alpha value is -0.160. The van der Waals surface area contributed by atoms with Crippen LogP contribution < -0.4 is 10.6 Å². The number of nitrogens with one attached hydrogen (secondary N) is 2. The van der Waals surface area contributed by atoms with Crippen LogP contribution in [0.25, 0.3) is 0 Å². The van der Waals surface area contributed by atoms with Crippen molar-refractivity contribution in [2.45, 2.75) is 37.8 Å². The van der Waals surface area contributed by atoms with Gasteiger partial charge in [-0.3, -0.25) is 0 Å². The topological polar surface area (TPSA) is 42.5 Å². The van der Waals surface area contributed by atoms with E-state index < -0.39 is 0 Å². The minimum atomic E-state index is 0.176. The number of unbranched alkanes of at least 4 members (excludes halogenated alkanes) is 1. The molecule has 1 rings (SSSR count). The van der Waals surface area contributed by atoms with Crippen molar-refractivity contribution in [2.75, 3.05) is 40.5 Å². The lowest BCUT2D eigenvalue weighted by atomic mass is 10.3. The van der Waals surface area contributed by atoms with Gasteiger partial charge in [0.15, 0.2) is 0 Å². The molecular weight excluding hydrogens is 204 g/mol. The van der Waals surface area contributed by atoms with E-state index in [1.807, 2.05) is 0 Å². The summed E-state index contributed by atoms with van der Waals surface area (Å²) in [6, 6.07) is 0.840. The Labute approximate surface area is 99.1 Å². The SMILES string of the molecule is COCC(CNCCCCNC1CC1)OC. The molecule has 0 spiro atoms. The van der Waals surface area contributed by atoms with Gasteiger partial charge >= 0.3 is 0 Å². The second-order valence-electron chi connectivity index (χ2n) is 4.45. The van der Waals surface area contributed by atoms with E-state index in [1.54, 1.807) is 14.2 Å².